The van der Waals surface area contributed by atoms with E-state index < -0.39 is 5.97 Å². The molecule has 134 valence electrons. The lowest BCUT2D eigenvalue weighted by Gasteiger charge is -2.26. The second-order valence-electron chi connectivity index (χ2n) is 6.49. The zero-order chi connectivity index (χ0) is 18.7. The molecule has 0 bridgehead atoms. The predicted octanol–water partition coefficient (Wildman–Crippen LogP) is 3.03. The topological polar surface area (TPSA) is 86.3 Å². The molecule has 26 heavy (non-hydrogen) atoms. The Bertz CT molecular complexity index is 995. The SMILES string of the molecule is CC(C)N(Cc1nc2ccccc2c(=O)[nH]1)Cc1ccccc1C(=O)O. The second kappa shape index (κ2) is 7.49. The van der Waals surface area contributed by atoms with E-state index in [1.807, 2.05) is 44.2 Å². The van der Waals surface area contributed by atoms with E-state index in [1.54, 1.807) is 18.2 Å². The number of nitrogens with zero attached hydrogens (tertiary/aromatic N) is 2. The third kappa shape index (κ3) is 3.81. The van der Waals surface area contributed by atoms with Gasteiger partial charge in [0.2, 0.25) is 0 Å². The van der Waals surface area contributed by atoms with Crippen molar-refractivity contribution in [3.8, 4) is 0 Å². The number of carboxylic acid groups (broad SMARTS) is 1. The molecular formula is C20H21N3O3. The van der Waals surface area contributed by atoms with Crippen molar-refractivity contribution in [1.29, 1.82) is 0 Å². The molecule has 1 heterocycles. The van der Waals surface area contributed by atoms with Gasteiger partial charge in [-0.1, -0.05) is 30.3 Å². The molecule has 2 aromatic carbocycles. The molecule has 0 fully saturated rings. The molecule has 3 aromatic rings. The molecule has 0 atom stereocenters. The van der Waals surface area contributed by atoms with Crippen molar-refractivity contribution in [2.75, 3.05) is 0 Å². The van der Waals surface area contributed by atoms with Crippen LogP contribution in [0.4, 0.5) is 0 Å². The fraction of sp³-hybridized carbons (Fsp3) is 0.250. The molecule has 0 spiro atoms. The van der Waals surface area contributed by atoms with Crippen LogP contribution in [0, 0.1) is 0 Å². The van der Waals surface area contributed by atoms with Crippen LogP contribution >= 0.6 is 0 Å². The van der Waals surface area contributed by atoms with Crippen LogP contribution < -0.4 is 5.56 Å². The number of benzene rings is 2. The first-order valence-electron chi connectivity index (χ1n) is 8.49. The van der Waals surface area contributed by atoms with Gasteiger partial charge in [0.05, 0.1) is 23.0 Å². The van der Waals surface area contributed by atoms with Crippen molar-refractivity contribution in [2.45, 2.75) is 33.0 Å². The minimum atomic E-state index is -0.943. The number of nitrogens with one attached hydrogen (secondary N) is 1. The second-order valence-corrected chi connectivity index (χ2v) is 6.49. The Hall–Kier alpha value is -2.99. The van der Waals surface area contributed by atoms with Gasteiger partial charge in [-0.3, -0.25) is 9.69 Å². The van der Waals surface area contributed by atoms with Crippen molar-refractivity contribution in [2.24, 2.45) is 0 Å². The van der Waals surface area contributed by atoms with Gasteiger partial charge in [-0.2, -0.15) is 0 Å². The van der Waals surface area contributed by atoms with Crippen molar-refractivity contribution < 1.29 is 9.90 Å². The maximum atomic E-state index is 12.3. The van der Waals surface area contributed by atoms with Gasteiger partial charge < -0.3 is 10.1 Å². The quantitative estimate of drug-likeness (QED) is 0.713. The molecule has 6 heteroatoms. The average Bonchev–Trinajstić information content (AvgIpc) is 2.61. The molecule has 0 unspecified atom stereocenters. The van der Waals surface area contributed by atoms with Crippen molar-refractivity contribution in [1.82, 2.24) is 14.9 Å². The Morgan fingerprint density at radius 3 is 2.54 bits per heavy atom. The number of para-hydroxylation sites is 1. The number of hydrogen-bond acceptors (Lipinski definition) is 4. The number of carboxylic acids is 1. The van der Waals surface area contributed by atoms with Crippen LogP contribution in [0.3, 0.4) is 0 Å². The summed E-state index contributed by atoms with van der Waals surface area (Å²) in [5.74, 6) is -0.378. The minimum absolute atomic E-state index is 0.147. The van der Waals surface area contributed by atoms with Gasteiger partial charge >= 0.3 is 5.97 Å². The summed E-state index contributed by atoms with van der Waals surface area (Å²) in [6.07, 6.45) is 0. The van der Waals surface area contributed by atoms with E-state index in [1.165, 1.54) is 0 Å². The summed E-state index contributed by atoms with van der Waals surface area (Å²) in [6, 6.07) is 14.3. The Kier molecular flexibility index (Phi) is 5.14. The highest BCUT2D eigenvalue weighted by atomic mass is 16.4. The van der Waals surface area contributed by atoms with Gasteiger partial charge in [0, 0.05) is 12.6 Å². The van der Waals surface area contributed by atoms with E-state index in [0.717, 1.165) is 5.56 Å². The van der Waals surface area contributed by atoms with Crippen LogP contribution in [0.5, 0.6) is 0 Å². The zero-order valence-electron chi connectivity index (χ0n) is 14.8. The third-order valence-corrected chi connectivity index (χ3v) is 4.37. The molecule has 0 aliphatic heterocycles. The molecule has 0 aliphatic rings. The van der Waals surface area contributed by atoms with E-state index in [2.05, 4.69) is 14.9 Å². The maximum absolute atomic E-state index is 12.3. The number of rotatable bonds is 6. The first-order valence-corrected chi connectivity index (χ1v) is 8.49. The standard InChI is InChI=1S/C20H21N3O3/c1-13(2)23(11-14-7-3-4-8-15(14)20(25)26)12-18-21-17-10-6-5-9-16(17)19(24)22-18/h3-10,13H,11-12H2,1-2H3,(H,25,26)(H,21,22,24). The largest absolute Gasteiger partial charge is 0.478 e. The third-order valence-electron chi connectivity index (χ3n) is 4.37. The van der Waals surface area contributed by atoms with Gasteiger partial charge in [-0.05, 0) is 37.6 Å². The monoisotopic (exact) mass is 351 g/mol. The number of fused-ring (bicyclic) bond motifs is 1. The molecule has 3 rings (SSSR count). The summed E-state index contributed by atoms with van der Waals surface area (Å²) < 4.78 is 0. The predicted molar refractivity (Wildman–Crippen MR) is 100 cm³/mol. The minimum Gasteiger partial charge on any atom is -0.478 e. The molecule has 0 saturated heterocycles. The van der Waals surface area contributed by atoms with Crippen LogP contribution in [0.15, 0.2) is 53.3 Å². The normalized spacial score (nSPS) is 11.4. The number of aromatic amines is 1. The summed E-state index contributed by atoms with van der Waals surface area (Å²) in [5.41, 5.74) is 1.51. The van der Waals surface area contributed by atoms with Gasteiger partial charge in [-0.15, -0.1) is 0 Å². The molecule has 0 amide bonds. The van der Waals surface area contributed by atoms with Crippen LogP contribution in [0.2, 0.25) is 0 Å². The number of aromatic carboxylic acids is 1. The zero-order valence-corrected chi connectivity index (χ0v) is 14.8. The van der Waals surface area contributed by atoms with Crippen LogP contribution in [0.1, 0.15) is 35.6 Å². The summed E-state index contributed by atoms with van der Waals surface area (Å²) >= 11 is 0. The summed E-state index contributed by atoms with van der Waals surface area (Å²) in [7, 11) is 0. The van der Waals surface area contributed by atoms with E-state index in [9.17, 15) is 14.7 Å². The van der Waals surface area contributed by atoms with Gasteiger partial charge in [0.1, 0.15) is 5.82 Å². The molecule has 0 radical (unpaired) electrons. The lowest BCUT2D eigenvalue weighted by atomic mass is 10.1. The van der Waals surface area contributed by atoms with E-state index in [4.69, 9.17) is 0 Å². The smallest absolute Gasteiger partial charge is 0.336 e. The summed E-state index contributed by atoms with van der Waals surface area (Å²) in [6.45, 7) is 4.94. The van der Waals surface area contributed by atoms with Gasteiger partial charge in [0.15, 0.2) is 0 Å². The molecule has 0 saturated carbocycles. The molecular weight excluding hydrogens is 330 g/mol. The van der Waals surface area contributed by atoms with Gasteiger partial charge in [0.25, 0.3) is 5.56 Å². The number of hydrogen-bond donors (Lipinski definition) is 2. The maximum Gasteiger partial charge on any atom is 0.336 e. The fourth-order valence-corrected chi connectivity index (χ4v) is 2.91. The van der Waals surface area contributed by atoms with Crippen LogP contribution in [-0.2, 0) is 13.1 Å². The number of aromatic nitrogens is 2. The highest BCUT2D eigenvalue weighted by Crippen LogP contribution is 2.16. The first-order chi connectivity index (χ1) is 12.5. The first kappa shape index (κ1) is 17.8. The Balaban J connectivity index is 1.91. The van der Waals surface area contributed by atoms with Crippen LogP contribution in [0.25, 0.3) is 10.9 Å². The molecule has 0 aliphatic carbocycles. The molecule has 2 N–H and O–H groups in total. The highest BCUT2D eigenvalue weighted by molar-refractivity contribution is 5.89. The van der Waals surface area contributed by atoms with Crippen molar-refractivity contribution >= 4 is 16.9 Å². The Labute approximate surface area is 151 Å². The molecule has 6 nitrogen and oxygen atoms in total. The lowest BCUT2D eigenvalue weighted by molar-refractivity contribution is 0.0693. The lowest BCUT2D eigenvalue weighted by Crippen LogP contribution is -2.32. The van der Waals surface area contributed by atoms with Crippen molar-refractivity contribution in [3.63, 3.8) is 0 Å². The van der Waals surface area contributed by atoms with E-state index >= 15 is 0 Å². The fourth-order valence-electron chi connectivity index (χ4n) is 2.91. The van der Waals surface area contributed by atoms with Gasteiger partial charge in [-0.25, -0.2) is 9.78 Å². The van der Waals surface area contributed by atoms with E-state index in [0.29, 0.717) is 29.8 Å². The average molecular weight is 351 g/mol. The highest BCUT2D eigenvalue weighted by Gasteiger charge is 2.17. The van der Waals surface area contributed by atoms with Crippen molar-refractivity contribution in [3.05, 3.63) is 75.8 Å². The summed E-state index contributed by atoms with van der Waals surface area (Å²) in [5, 5.41) is 9.94. The Morgan fingerprint density at radius 1 is 1.12 bits per heavy atom. The number of H-pyrrole nitrogens is 1. The Morgan fingerprint density at radius 2 is 1.81 bits per heavy atom. The number of carbonyl (C=O) groups is 1. The van der Waals surface area contributed by atoms with E-state index in [-0.39, 0.29) is 17.2 Å². The molecule has 1 aromatic heterocycles. The van der Waals surface area contributed by atoms with Crippen LogP contribution in [-0.4, -0.2) is 32.0 Å². The summed E-state index contributed by atoms with van der Waals surface area (Å²) in [4.78, 5) is 33.2.